The van der Waals surface area contributed by atoms with E-state index in [0.29, 0.717) is 6.42 Å². The van der Waals surface area contributed by atoms with E-state index in [9.17, 15) is 9.18 Å². The van der Waals surface area contributed by atoms with Gasteiger partial charge in [0.25, 0.3) is 5.91 Å². The summed E-state index contributed by atoms with van der Waals surface area (Å²) in [4.78, 5) is 21.3. The molecule has 1 aliphatic rings. The smallest absolute Gasteiger partial charge is 0.255 e. The van der Waals surface area contributed by atoms with Crippen LogP contribution in [0.25, 0.3) is 11.3 Å². The average Bonchev–Trinajstić information content (AvgIpc) is 3.10. The summed E-state index contributed by atoms with van der Waals surface area (Å²) in [5.41, 5.74) is 4.42. The summed E-state index contributed by atoms with van der Waals surface area (Å²) < 4.78 is 19.8. The highest BCUT2D eigenvalue weighted by atomic mass is 35.5. The number of carbonyl (C=O) groups excluding carboxylic acids is 1. The highest BCUT2D eigenvalue weighted by Gasteiger charge is 2.25. The van der Waals surface area contributed by atoms with E-state index >= 15 is 0 Å². The number of hydrogen-bond donors (Lipinski definition) is 1. The van der Waals surface area contributed by atoms with Crippen molar-refractivity contribution in [2.75, 3.05) is 6.54 Å². The fraction of sp³-hybridized carbons (Fsp3) is 0.227. The van der Waals surface area contributed by atoms with Crippen molar-refractivity contribution in [2.45, 2.75) is 26.4 Å². The summed E-state index contributed by atoms with van der Waals surface area (Å²) in [7, 11) is 0. The molecule has 1 amide bonds. The summed E-state index contributed by atoms with van der Waals surface area (Å²) in [6.45, 7) is 4.08. The lowest BCUT2D eigenvalue weighted by molar-refractivity contribution is 0.0929. The van der Waals surface area contributed by atoms with Crippen molar-refractivity contribution in [1.82, 2.24) is 15.3 Å². The van der Waals surface area contributed by atoms with Gasteiger partial charge in [-0.25, -0.2) is 9.37 Å². The van der Waals surface area contributed by atoms with Crippen LogP contribution in [0.4, 0.5) is 4.39 Å². The maximum Gasteiger partial charge on any atom is 0.255 e. The Morgan fingerprint density at radius 2 is 2.14 bits per heavy atom. The lowest BCUT2D eigenvalue weighted by Gasteiger charge is -2.12. The first kappa shape index (κ1) is 19.3. The molecule has 0 spiro atoms. The van der Waals surface area contributed by atoms with E-state index in [-0.39, 0.29) is 23.2 Å². The quantitative estimate of drug-likeness (QED) is 0.695. The molecule has 0 saturated heterocycles. The summed E-state index contributed by atoms with van der Waals surface area (Å²) in [5.74, 6) is -0.431. The van der Waals surface area contributed by atoms with Crippen LogP contribution in [-0.4, -0.2) is 28.5 Å². The van der Waals surface area contributed by atoms with Crippen LogP contribution in [0, 0.1) is 19.7 Å². The van der Waals surface area contributed by atoms with Crippen molar-refractivity contribution in [3.63, 3.8) is 0 Å². The lowest BCUT2D eigenvalue weighted by Crippen LogP contribution is -2.35. The van der Waals surface area contributed by atoms with Crippen molar-refractivity contribution < 1.29 is 13.9 Å². The van der Waals surface area contributed by atoms with Gasteiger partial charge in [0.1, 0.15) is 17.7 Å². The van der Waals surface area contributed by atoms with E-state index in [1.54, 1.807) is 6.20 Å². The number of ether oxygens (including phenoxy) is 1. The van der Waals surface area contributed by atoms with Crippen LogP contribution in [0.5, 0.6) is 5.75 Å². The Balaban J connectivity index is 1.46. The van der Waals surface area contributed by atoms with Crippen LogP contribution in [-0.2, 0) is 6.42 Å². The number of amides is 1. The maximum absolute atomic E-state index is 13.9. The summed E-state index contributed by atoms with van der Waals surface area (Å²) >= 11 is 5.95. The number of aromatic nitrogens is 2. The molecule has 1 N–H and O–H groups in total. The molecule has 148 valence electrons. The van der Waals surface area contributed by atoms with Crippen LogP contribution >= 0.6 is 11.6 Å². The van der Waals surface area contributed by atoms with E-state index in [1.807, 2.05) is 32.0 Å². The summed E-state index contributed by atoms with van der Waals surface area (Å²) in [5, 5.41) is 2.79. The van der Waals surface area contributed by atoms with Gasteiger partial charge in [-0.3, -0.25) is 9.78 Å². The molecular weight excluding hydrogens is 393 g/mol. The van der Waals surface area contributed by atoms with E-state index in [1.165, 1.54) is 18.2 Å². The molecular formula is C22H19ClFN3O2. The average molecular weight is 412 g/mol. The standard InChI is InChI=1S/C22H19ClFN3O2/c1-12-10-25-13(2)21(27-12)14-6-7-19-15(8-14)9-16(29-19)11-26-22(28)20-17(23)4-3-5-18(20)24/h3-8,10,16H,9,11H2,1-2H3,(H,26,28)/t16-/m1/s1. The third-order valence-corrected chi connectivity index (χ3v) is 5.15. The molecule has 29 heavy (non-hydrogen) atoms. The van der Waals surface area contributed by atoms with Crippen LogP contribution in [0.3, 0.4) is 0 Å². The molecule has 0 unspecified atom stereocenters. The Bertz CT molecular complexity index is 1080. The predicted molar refractivity (Wildman–Crippen MR) is 109 cm³/mol. The Kier molecular flexibility index (Phi) is 5.20. The Hall–Kier alpha value is -2.99. The zero-order chi connectivity index (χ0) is 20.5. The van der Waals surface area contributed by atoms with Crippen molar-refractivity contribution in [1.29, 1.82) is 0 Å². The zero-order valence-corrected chi connectivity index (χ0v) is 16.8. The van der Waals surface area contributed by atoms with Gasteiger partial charge in [0, 0.05) is 18.2 Å². The fourth-order valence-corrected chi connectivity index (χ4v) is 3.65. The number of aryl methyl sites for hydroxylation is 2. The van der Waals surface area contributed by atoms with Crippen LogP contribution < -0.4 is 10.1 Å². The van der Waals surface area contributed by atoms with Gasteiger partial charge >= 0.3 is 0 Å². The number of benzene rings is 2. The highest BCUT2D eigenvalue weighted by Crippen LogP contribution is 2.33. The number of fused-ring (bicyclic) bond motifs is 1. The molecule has 1 aliphatic heterocycles. The molecule has 0 radical (unpaired) electrons. The van der Waals surface area contributed by atoms with Gasteiger partial charge in [-0.2, -0.15) is 0 Å². The van der Waals surface area contributed by atoms with E-state index in [4.69, 9.17) is 16.3 Å². The van der Waals surface area contributed by atoms with Crippen LogP contribution in [0.1, 0.15) is 27.3 Å². The molecule has 0 fully saturated rings. The fourth-order valence-electron chi connectivity index (χ4n) is 3.40. The van der Waals surface area contributed by atoms with Gasteiger partial charge in [-0.1, -0.05) is 17.7 Å². The molecule has 1 atom stereocenters. The lowest BCUT2D eigenvalue weighted by atomic mass is 10.0. The minimum absolute atomic E-state index is 0.0809. The SMILES string of the molecule is Cc1cnc(C)c(-c2ccc3c(c2)C[C@H](CNC(=O)c2c(F)cccc2Cl)O3)n1. The summed E-state index contributed by atoms with van der Waals surface area (Å²) in [6.07, 6.45) is 2.14. The van der Waals surface area contributed by atoms with Crippen molar-refractivity contribution in [3.8, 4) is 17.0 Å². The monoisotopic (exact) mass is 411 g/mol. The van der Waals surface area contributed by atoms with E-state index in [0.717, 1.165) is 34.0 Å². The number of nitrogens with one attached hydrogen (secondary N) is 1. The van der Waals surface area contributed by atoms with Gasteiger partial charge in [-0.05, 0) is 49.7 Å². The Morgan fingerprint density at radius 1 is 1.31 bits per heavy atom. The molecule has 2 aromatic carbocycles. The maximum atomic E-state index is 13.9. The molecule has 5 nitrogen and oxygen atoms in total. The molecule has 0 saturated carbocycles. The number of nitrogens with zero attached hydrogens (tertiary/aromatic N) is 2. The molecule has 3 aromatic rings. The number of hydrogen-bond acceptors (Lipinski definition) is 4. The second-order valence-corrected chi connectivity index (χ2v) is 7.43. The van der Waals surface area contributed by atoms with Crippen molar-refractivity contribution in [2.24, 2.45) is 0 Å². The van der Waals surface area contributed by atoms with Crippen LogP contribution in [0.2, 0.25) is 5.02 Å². The first-order chi connectivity index (χ1) is 13.9. The van der Waals surface area contributed by atoms with Gasteiger partial charge in [0.05, 0.1) is 34.2 Å². The first-order valence-corrected chi connectivity index (χ1v) is 9.62. The van der Waals surface area contributed by atoms with Gasteiger partial charge in [-0.15, -0.1) is 0 Å². The molecule has 0 bridgehead atoms. The number of rotatable bonds is 4. The first-order valence-electron chi connectivity index (χ1n) is 9.25. The third-order valence-electron chi connectivity index (χ3n) is 4.83. The summed E-state index contributed by atoms with van der Waals surface area (Å²) in [6, 6.07) is 10.1. The largest absolute Gasteiger partial charge is 0.488 e. The minimum atomic E-state index is -0.648. The number of halogens is 2. The van der Waals surface area contributed by atoms with Crippen molar-refractivity contribution >= 4 is 17.5 Å². The zero-order valence-electron chi connectivity index (χ0n) is 16.0. The van der Waals surface area contributed by atoms with E-state index in [2.05, 4.69) is 15.3 Å². The molecule has 1 aromatic heterocycles. The molecule has 7 heteroatoms. The number of carbonyl (C=O) groups is 1. The second kappa shape index (κ2) is 7.79. The predicted octanol–water partition coefficient (Wildman–Crippen LogP) is 4.29. The third kappa shape index (κ3) is 3.93. The molecule has 2 heterocycles. The molecule has 4 rings (SSSR count). The van der Waals surface area contributed by atoms with Gasteiger partial charge in [0.15, 0.2) is 0 Å². The van der Waals surface area contributed by atoms with Crippen LogP contribution in [0.15, 0.2) is 42.6 Å². The topological polar surface area (TPSA) is 64.1 Å². The molecule has 0 aliphatic carbocycles. The highest BCUT2D eigenvalue weighted by molar-refractivity contribution is 6.33. The Labute approximate surface area is 172 Å². The second-order valence-electron chi connectivity index (χ2n) is 7.02. The van der Waals surface area contributed by atoms with Gasteiger partial charge in [0.2, 0.25) is 0 Å². The Morgan fingerprint density at radius 3 is 2.93 bits per heavy atom. The van der Waals surface area contributed by atoms with Crippen molar-refractivity contribution in [3.05, 3.63) is 75.9 Å². The van der Waals surface area contributed by atoms with Gasteiger partial charge < -0.3 is 10.1 Å². The normalized spacial score (nSPS) is 15.0. The minimum Gasteiger partial charge on any atom is -0.488 e. The van der Waals surface area contributed by atoms with E-state index < -0.39 is 11.7 Å².